The van der Waals surface area contributed by atoms with E-state index in [2.05, 4.69) is 0 Å². The molecule has 0 aliphatic carbocycles. The number of aliphatic carboxylic acids is 1. The van der Waals surface area contributed by atoms with Gasteiger partial charge in [0.1, 0.15) is 29.4 Å². The van der Waals surface area contributed by atoms with Crippen molar-refractivity contribution >= 4 is 24.1 Å². The lowest BCUT2D eigenvalue weighted by molar-refractivity contribution is -0.145. The number of benzene rings is 1. The fourth-order valence-corrected chi connectivity index (χ4v) is 3.01. The first-order valence-electron chi connectivity index (χ1n) is 11.0. The predicted molar refractivity (Wildman–Crippen MR) is 126 cm³/mol. The van der Waals surface area contributed by atoms with Crippen LogP contribution in [0.4, 0.5) is 4.79 Å². The lowest BCUT2D eigenvalue weighted by atomic mass is 9.98. The molecule has 1 fully saturated rings. The van der Waals surface area contributed by atoms with E-state index in [-0.39, 0.29) is 18.8 Å². The van der Waals surface area contributed by atoms with Crippen molar-refractivity contribution in [3.63, 3.8) is 0 Å². The van der Waals surface area contributed by atoms with Crippen molar-refractivity contribution in [1.29, 1.82) is 0 Å². The van der Waals surface area contributed by atoms with E-state index >= 15 is 0 Å². The van der Waals surface area contributed by atoms with Crippen molar-refractivity contribution in [2.24, 2.45) is 5.41 Å². The Bertz CT molecular complexity index is 908. The van der Waals surface area contributed by atoms with Gasteiger partial charge in [-0.05, 0) is 73.6 Å². The monoisotopic (exact) mass is 479 g/mol. The van der Waals surface area contributed by atoms with Crippen molar-refractivity contribution in [2.75, 3.05) is 13.7 Å². The maximum absolute atomic E-state index is 13.0. The van der Waals surface area contributed by atoms with E-state index in [4.69, 9.17) is 19.3 Å². The number of carboxylic acid groups (broad SMARTS) is 1. The molecule has 1 N–H and O–H groups in total. The number of carboxylic acids is 1. The molecule has 9 heteroatoms. The van der Waals surface area contributed by atoms with Crippen LogP contribution in [-0.4, -0.2) is 65.2 Å². The molecule has 9 nitrogen and oxygen atoms in total. The van der Waals surface area contributed by atoms with Gasteiger partial charge in [-0.1, -0.05) is 0 Å². The van der Waals surface area contributed by atoms with E-state index in [0.717, 1.165) is 0 Å². The highest BCUT2D eigenvalue weighted by Crippen LogP contribution is 2.31. The maximum atomic E-state index is 13.0. The van der Waals surface area contributed by atoms with Gasteiger partial charge in [-0.3, -0.25) is 19.3 Å². The average molecular weight is 480 g/mol. The highest BCUT2D eigenvalue weighted by molar-refractivity contribution is 5.91. The molecule has 0 spiro atoms. The summed E-state index contributed by atoms with van der Waals surface area (Å²) in [6, 6.07) is 4.10. The van der Waals surface area contributed by atoms with Gasteiger partial charge in [0.15, 0.2) is 5.78 Å². The van der Waals surface area contributed by atoms with Gasteiger partial charge in [-0.2, -0.15) is 0 Å². The number of amides is 1. The number of ether oxygens (including phenoxy) is 3. The number of hydrogen-bond donors (Lipinski definition) is 1. The molecule has 0 radical (unpaired) electrons. The van der Waals surface area contributed by atoms with Crippen molar-refractivity contribution in [1.82, 2.24) is 4.90 Å². The smallest absolute Gasteiger partial charge is 0.413 e. The third-order valence-corrected chi connectivity index (χ3v) is 4.89. The van der Waals surface area contributed by atoms with Gasteiger partial charge in [-0.25, -0.2) is 4.79 Å². The molecule has 2 rings (SSSR count). The van der Waals surface area contributed by atoms with Crippen LogP contribution in [0.5, 0.6) is 5.75 Å². The minimum absolute atomic E-state index is 0.00819. The van der Waals surface area contributed by atoms with Gasteiger partial charge in [0.05, 0.1) is 19.1 Å². The Kier molecular flexibility index (Phi) is 9.40. The molecular formula is C25H37NO8. The normalized spacial score (nSPS) is 17.3. The molecule has 190 valence electrons. The molecule has 1 aromatic rings. The Hall–Kier alpha value is -2.94. The van der Waals surface area contributed by atoms with Crippen molar-refractivity contribution in [3.05, 3.63) is 29.3 Å². The highest BCUT2D eigenvalue weighted by atomic mass is 16.6. The minimum atomic E-state index is -0.961. The van der Waals surface area contributed by atoms with Crippen LogP contribution in [0.1, 0.15) is 71.3 Å². The van der Waals surface area contributed by atoms with Crippen LogP contribution in [0.3, 0.4) is 0 Å². The first-order chi connectivity index (χ1) is 15.4. The third-order valence-electron chi connectivity index (χ3n) is 4.89. The topological polar surface area (TPSA) is 119 Å². The summed E-state index contributed by atoms with van der Waals surface area (Å²) in [4.78, 5) is 48.1. The highest BCUT2D eigenvalue weighted by Gasteiger charge is 2.48. The Morgan fingerprint density at radius 1 is 1.18 bits per heavy atom. The molecule has 1 unspecified atom stereocenters. The van der Waals surface area contributed by atoms with Gasteiger partial charge in [0.2, 0.25) is 0 Å². The number of carbonyl (C=O) groups excluding carboxylic acids is 3. The third kappa shape index (κ3) is 8.13. The maximum Gasteiger partial charge on any atom is 0.413 e. The van der Waals surface area contributed by atoms with E-state index in [1.807, 2.05) is 0 Å². The first-order valence-corrected chi connectivity index (χ1v) is 11.0. The Morgan fingerprint density at radius 3 is 2.18 bits per heavy atom. The Morgan fingerprint density at radius 2 is 1.74 bits per heavy atom. The molecule has 0 aromatic heterocycles. The first kappa shape index (κ1) is 29.1. The lowest BCUT2D eigenvalue weighted by Crippen LogP contribution is -2.52. The second kappa shape index (κ2) is 11.0. The summed E-state index contributed by atoms with van der Waals surface area (Å²) in [5, 5.41) is 8.25. The molecule has 1 amide bonds. The quantitative estimate of drug-likeness (QED) is 0.627. The van der Waals surface area contributed by atoms with Crippen LogP contribution < -0.4 is 4.74 Å². The number of rotatable bonds is 5. The summed E-state index contributed by atoms with van der Waals surface area (Å²) in [7, 11) is 1.50. The summed E-state index contributed by atoms with van der Waals surface area (Å²) in [6.07, 6.45) is 0.119. The molecule has 0 saturated carbocycles. The zero-order valence-corrected chi connectivity index (χ0v) is 21.6. The second-order valence-electron chi connectivity index (χ2n) is 10.5. The molecule has 1 saturated heterocycles. The number of ketones is 1. The van der Waals surface area contributed by atoms with E-state index < -0.39 is 34.8 Å². The number of aldehydes is 1. The predicted octanol–water partition coefficient (Wildman–Crippen LogP) is 4.11. The van der Waals surface area contributed by atoms with Gasteiger partial charge in [0.25, 0.3) is 0 Å². The largest absolute Gasteiger partial charge is 0.496 e. The van der Waals surface area contributed by atoms with Crippen LogP contribution in [-0.2, 0) is 25.5 Å². The fraction of sp³-hybridized carbons (Fsp3) is 0.600. The molecule has 34 heavy (non-hydrogen) atoms. The standard InChI is InChI=1S/C20H27NO6.C5H10O2/c1-19(2,3)27-18(24)21-15(12-26-20(21,4)5)16(23)10-14-9-13(11-22)7-8-17(14)25-6;1-5(2,3)4(6)7/h7-9,11,15H,10,12H2,1-6H3;1-3H3,(H,6,7). The SMILES string of the molecule is CC(C)(C)C(=O)O.COc1ccc(C=O)cc1CC(=O)C1COC(C)(C)N1C(=O)OC(C)(C)C. The molecule has 1 aliphatic rings. The molecular weight excluding hydrogens is 442 g/mol. The summed E-state index contributed by atoms with van der Waals surface area (Å²) in [5.41, 5.74) is -1.20. The summed E-state index contributed by atoms with van der Waals surface area (Å²) in [6.45, 7) is 13.8. The van der Waals surface area contributed by atoms with Crippen LogP contribution in [0.15, 0.2) is 18.2 Å². The number of hydrogen-bond acceptors (Lipinski definition) is 7. The minimum Gasteiger partial charge on any atom is -0.496 e. The van der Waals surface area contributed by atoms with Gasteiger partial charge in [-0.15, -0.1) is 0 Å². The van der Waals surface area contributed by atoms with Gasteiger partial charge < -0.3 is 19.3 Å². The summed E-state index contributed by atoms with van der Waals surface area (Å²) < 4.78 is 16.4. The Balaban J connectivity index is 0.000000718. The van der Waals surface area contributed by atoms with Crippen LogP contribution >= 0.6 is 0 Å². The second-order valence-corrected chi connectivity index (χ2v) is 10.5. The van der Waals surface area contributed by atoms with Crippen LogP contribution in [0, 0.1) is 5.41 Å². The van der Waals surface area contributed by atoms with Crippen molar-refractivity contribution < 1.29 is 38.5 Å². The molecule has 1 aliphatic heterocycles. The van der Waals surface area contributed by atoms with Gasteiger partial charge >= 0.3 is 12.1 Å². The zero-order chi connectivity index (χ0) is 26.5. The van der Waals surface area contributed by atoms with E-state index in [9.17, 15) is 19.2 Å². The Labute approximate surface area is 201 Å². The summed E-state index contributed by atoms with van der Waals surface area (Å²) >= 11 is 0. The van der Waals surface area contributed by atoms with E-state index in [1.54, 1.807) is 73.6 Å². The van der Waals surface area contributed by atoms with Crippen molar-refractivity contribution in [2.45, 2.75) is 79.2 Å². The van der Waals surface area contributed by atoms with Gasteiger partial charge in [0, 0.05) is 17.5 Å². The zero-order valence-electron chi connectivity index (χ0n) is 21.6. The molecule has 1 atom stereocenters. The van der Waals surface area contributed by atoms with E-state index in [1.165, 1.54) is 12.0 Å². The number of Topliss-reactive ketones (excluding diaryl/α,β-unsaturated/α-hetero) is 1. The molecule has 0 bridgehead atoms. The van der Waals surface area contributed by atoms with Crippen LogP contribution in [0.2, 0.25) is 0 Å². The molecule has 1 heterocycles. The fourth-order valence-electron chi connectivity index (χ4n) is 3.01. The number of nitrogens with zero attached hydrogens (tertiary/aromatic N) is 1. The molecule has 1 aromatic carbocycles. The summed E-state index contributed by atoms with van der Waals surface area (Å²) in [5.74, 6) is -0.462. The number of methoxy groups -OCH3 is 1. The van der Waals surface area contributed by atoms with Crippen LogP contribution in [0.25, 0.3) is 0 Å². The number of carbonyl (C=O) groups is 4. The average Bonchev–Trinajstić information content (AvgIpc) is 3.01. The van der Waals surface area contributed by atoms with Crippen molar-refractivity contribution in [3.8, 4) is 5.75 Å². The lowest BCUT2D eigenvalue weighted by Gasteiger charge is -2.34. The van der Waals surface area contributed by atoms with E-state index in [0.29, 0.717) is 23.2 Å².